The first kappa shape index (κ1) is 13.8. The van der Waals surface area contributed by atoms with E-state index in [0.29, 0.717) is 29.9 Å². The molecule has 0 bridgehead atoms. The highest BCUT2D eigenvalue weighted by Gasteiger charge is 2.38. The van der Waals surface area contributed by atoms with E-state index in [1.54, 1.807) is 18.4 Å². The summed E-state index contributed by atoms with van der Waals surface area (Å²) in [5.74, 6) is 0.728. The zero-order valence-electron chi connectivity index (χ0n) is 12.4. The number of amides is 2. The van der Waals surface area contributed by atoms with E-state index in [0.717, 1.165) is 5.56 Å². The average molecular weight is 308 g/mol. The number of carbonyl (C=O) groups excluding carboxylic acids is 2. The standard InChI is InChI=1S/C18H16N2O3/c21-14-10-12(11-5-2-1-3-6-11)9-13-16(14)17(20-18(22)19-13)15-7-4-8-23-15/h1-8,12,17H,9-10H2,(H2,19,20,22). The van der Waals surface area contributed by atoms with Crippen molar-refractivity contribution in [1.29, 1.82) is 0 Å². The van der Waals surface area contributed by atoms with Gasteiger partial charge in [0.15, 0.2) is 5.78 Å². The van der Waals surface area contributed by atoms with E-state index in [4.69, 9.17) is 4.42 Å². The first-order chi connectivity index (χ1) is 11.2. The highest BCUT2D eigenvalue weighted by atomic mass is 16.3. The van der Waals surface area contributed by atoms with Crippen LogP contribution in [0.5, 0.6) is 0 Å². The summed E-state index contributed by atoms with van der Waals surface area (Å²) in [5, 5.41) is 5.59. The van der Waals surface area contributed by atoms with Gasteiger partial charge in [0.05, 0.1) is 6.26 Å². The lowest BCUT2D eigenvalue weighted by atomic mass is 9.78. The molecule has 2 amide bonds. The maximum absolute atomic E-state index is 12.7. The zero-order chi connectivity index (χ0) is 15.8. The molecular weight excluding hydrogens is 292 g/mol. The Balaban J connectivity index is 1.72. The first-order valence-corrected chi connectivity index (χ1v) is 7.64. The van der Waals surface area contributed by atoms with E-state index >= 15 is 0 Å². The van der Waals surface area contributed by atoms with Crippen molar-refractivity contribution in [3.05, 3.63) is 71.3 Å². The predicted octanol–water partition coefficient (Wildman–Crippen LogP) is 3.03. The lowest BCUT2D eigenvalue weighted by Gasteiger charge is -2.34. The number of rotatable bonds is 2. The largest absolute Gasteiger partial charge is 0.467 e. The van der Waals surface area contributed by atoms with Crippen LogP contribution >= 0.6 is 0 Å². The lowest BCUT2D eigenvalue weighted by Crippen LogP contribution is -2.47. The van der Waals surface area contributed by atoms with E-state index in [2.05, 4.69) is 10.6 Å². The molecule has 0 radical (unpaired) electrons. The molecule has 1 aliphatic heterocycles. The molecule has 0 spiro atoms. The van der Waals surface area contributed by atoms with Crippen molar-refractivity contribution in [3.63, 3.8) is 0 Å². The van der Waals surface area contributed by atoms with Crippen molar-refractivity contribution in [1.82, 2.24) is 10.6 Å². The van der Waals surface area contributed by atoms with Crippen molar-refractivity contribution in [2.24, 2.45) is 0 Å². The van der Waals surface area contributed by atoms with Gasteiger partial charge in [-0.15, -0.1) is 0 Å². The third-order valence-corrected chi connectivity index (χ3v) is 4.44. The van der Waals surface area contributed by atoms with E-state index < -0.39 is 6.04 Å². The monoisotopic (exact) mass is 308 g/mol. The Morgan fingerprint density at radius 3 is 2.57 bits per heavy atom. The van der Waals surface area contributed by atoms with Crippen LogP contribution < -0.4 is 10.6 Å². The Kier molecular flexibility index (Phi) is 3.26. The molecule has 2 aliphatic rings. The number of furan rings is 1. The summed E-state index contributed by atoms with van der Waals surface area (Å²) in [5.41, 5.74) is 2.45. The first-order valence-electron chi connectivity index (χ1n) is 7.64. The van der Waals surface area contributed by atoms with Crippen molar-refractivity contribution >= 4 is 11.8 Å². The fourth-order valence-corrected chi connectivity index (χ4v) is 3.39. The van der Waals surface area contributed by atoms with E-state index in [1.807, 2.05) is 30.3 Å². The lowest BCUT2D eigenvalue weighted by molar-refractivity contribution is -0.116. The summed E-state index contributed by atoms with van der Waals surface area (Å²) in [6, 6.07) is 12.7. The minimum Gasteiger partial charge on any atom is -0.467 e. The molecule has 2 atom stereocenters. The third kappa shape index (κ3) is 2.44. The number of benzene rings is 1. The number of Topliss-reactive ketones (excluding diaryl/α,β-unsaturated/α-hetero) is 1. The molecule has 23 heavy (non-hydrogen) atoms. The minimum atomic E-state index is -0.502. The summed E-state index contributed by atoms with van der Waals surface area (Å²) in [4.78, 5) is 24.7. The van der Waals surface area contributed by atoms with Crippen LogP contribution in [0.1, 0.15) is 36.1 Å². The second kappa shape index (κ2) is 5.43. The maximum atomic E-state index is 12.7. The molecule has 1 aliphatic carbocycles. The highest BCUT2D eigenvalue weighted by Crippen LogP contribution is 2.39. The highest BCUT2D eigenvalue weighted by molar-refractivity contribution is 6.01. The SMILES string of the molecule is O=C1NC2=C(C(=O)CC(c3ccccc3)C2)C(c2ccco2)N1. The third-order valence-electron chi connectivity index (χ3n) is 4.44. The number of nitrogens with one attached hydrogen (secondary N) is 2. The Morgan fingerprint density at radius 1 is 1.00 bits per heavy atom. The maximum Gasteiger partial charge on any atom is 0.319 e. The van der Waals surface area contributed by atoms with Gasteiger partial charge in [0, 0.05) is 17.7 Å². The van der Waals surface area contributed by atoms with Crippen LogP contribution in [0, 0.1) is 0 Å². The molecule has 1 aromatic heterocycles. The van der Waals surface area contributed by atoms with Crippen molar-refractivity contribution in [2.45, 2.75) is 24.8 Å². The molecule has 2 aromatic rings. The molecule has 2 heterocycles. The number of carbonyl (C=O) groups is 2. The van der Waals surface area contributed by atoms with Gasteiger partial charge in [-0.2, -0.15) is 0 Å². The number of urea groups is 1. The molecule has 0 saturated carbocycles. The van der Waals surface area contributed by atoms with Crippen molar-refractivity contribution < 1.29 is 14.0 Å². The molecule has 2 unspecified atom stereocenters. The normalized spacial score (nSPS) is 24.0. The average Bonchev–Trinajstić information content (AvgIpc) is 3.09. The van der Waals surface area contributed by atoms with Crippen LogP contribution in [-0.4, -0.2) is 11.8 Å². The summed E-state index contributed by atoms with van der Waals surface area (Å²) >= 11 is 0. The van der Waals surface area contributed by atoms with Gasteiger partial charge in [0.25, 0.3) is 0 Å². The van der Waals surface area contributed by atoms with Crippen LogP contribution in [-0.2, 0) is 4.79 Å². The molecular formula is C18H16N2O3. The van der Waals surface area contributed by atoms with Gasteiger partial charge in [-0.1, -0.05) is 30.3 Å². The Hall–Kier alpha value is -2.82. The summed E-state index contributed by atoms with van der Waals surface area (Å²) in [6.07, 6.45) is 2.64. The molecule has 0 saturated heterocycles. The molecule has 116 valence electrons. The molecule has 5 heteroatoms. The second-order valence-electron chi connectivity index (χ2n) is 5.88. The molecule has 0 fully saturated rings. The topological polar surface area (TPSA) is 71.3 Å². The van der Waals surface area contributed by atoms with Gasteiger partial charge in [0.2, 0.25) is 0 Å². The van der Waals surface area contributed by atoms with Crippen molar-refractivity contribution in [2.75, 3.05) is 0 Å². The molecule has 5 nitrogen and oxygen atoms in total. The molecule has 1 aromatic carbocycles. The Bertz CT molecular complexity index is 778. The second-order valence-corrected chi connectivity index (χ2v) is 5.88. The zero-order valence-corrected chi connectivity index (χ0v) is 12.4. The van der Waals surface area contributed by atoms with Gasteiger partial charge in [-0.25, -0.2) is 4.79 Å². The number of hydrogen-bond acceptors (Lipinski definition) is 3. The van der Waals surface area contributed by atoms with Gasteiger partial charge in [-0.05, 0) is 30.0 Å². The van der Waals surface area contributed by atoms with Gasteiger partial charge in [-0.3, -0.25) is 4.79 Å². The van der Waals surface area contributed by atoms with Crippen LogP contribution in [0.2, 0.25) is 0 Å². The number of allylic oxidation sites excluding steroid dienone is 1. The Labute approximate surface area is 133 Å². The quantitative estimate of drug-likeness (QED) is 0.895. The van der Waals surface area contributed by atoms with E-state index in [-0.39, 0.29) is 17.7 Å². The van der Waals surface area contributed by atoms with Crippen LogP contribution in [0.3, 0.4) is 0 Å². The van der Waals surface area contributed by atoms with E-state index in [9.17, 15) is 9.59 Å². The summed E-state index contributed by atoms with van der Waals surface area (Å²) in [7, 11) is 0. The van der Waals surface area contributed by atoms with Gasteiger partial charge < -0.3 is 15.1 Å². The van der Waals surface area contributed by atoms with E-state index in [1.165, 1.54) is 0 Å². The Morgan fingerprint density at radius 2 is 1.83 bits per heavy atom. The molecule has 2 N–H and O–H groups in total. The molecule has 4 rings (SSSR count). The predicted molar refractivity (Wildman–Crippen MR) is 83.6 cm³/mol. The summed E-state index contributed by atoms with van der Waals surface area (Å²) in [6.45, 7) is 0. The fraction of sp³-hybridized carbons (Fsp3) is 0.222. The van der Waals surface area contributed by atoms with Gasteiger partial charge >= 0.3 is 6.03 Å². The number of hydrogen-bond donors (Lipinski definition) is 2. The van der Waals surface area contributed by atoms with Crippen LogP contribution in [0.25, 0.3) is 0 Å². The smallest absolute Gasteiger partial charge is 0.319 e. The number of ketones is 1. The van der Waals surface area contributed by atoms with Crippen molar-refractivity contribution in [3.8, 4) is 0 Å². The fourth-order valence-electron chi connectivity index (χ4n) is 3.39. The van der Waals surface area contributed by atoms with Crippen LogP contribution in [0.4, 0.5) is 4.79 Å². The minimum absolute atomic E-state index is 0.0500. The summed E-state index contributed by atoms with van der Waals surface area (Å²) < 4.78 is 5.40. The van der Waals surface area contributed by atoms with Gasteiger partial charge in [0.1, 0.15) is 11.8 Å². The van der Waals surface area contributed by atoms with Crippen LogP contribution in [0.15, 0.2) is 64.4 Å².